The Balaban J connectivity index is 2.21. The first-order chi connectivity index (χ1) is 8.85. The first kappa shape index (κ1) is 15.3. The molecule has 0 spiro atoms. The van der Waals surface area contributed by atoms with E-state index in [1.165, 1.54) is 11.3 Å². The topological polar surface area (TPSA) is 63.4 Å². The largest absolute Gasteiger partial charge is 0.330 e. The van der Waals surface area contributed by atoms with Crippen LogP contribution in [0.3, 0.4) is 0 Å². The van der Waals surface area contributed by atoms with Crippen molar-refractivity contribution in [2.45, 2.75) is 29.2 Å². The average molecular weight is 321 g/mol. The maximum Gasteiger partial charge on any atom is 0.252 e. The zero-order valence-corrected chi connectivity index (χ0v) is 13.7. The van der Waals surface area contributed by atoms with Gasteiger partial charge in [-0.2, -0.15) is 16.1 Å². The van der Waals surface area contributed by atoms with E-state index in [2.05, 4.69) is 13.8 Å². The maximum atomic E-state index is 12.6. The van der Waals surface area contributed by atoms with Crippen molar-refractivity contribution >= 4 is 33.1 Å². The van der Waals surface area contributed by atoms with Crippen molar-refractivity contribution in [1.82, 2.24) is 4.31 Å². The Morgan fingerprint density at radius 2 is 2.16 bits per heavy atom. The maximum absolute atomic E-state index is 12.6. The van der Waals surface area contributed by atoms with Crippen LogP contribution in [0.25, 0.3) is 0 Å². The number of hydrogen-bond acceptors (Lipinski definition) is 5. The Kier molecular flexibility index (Phi) is 4.62. The highest BCUT2D eigenvalue weighted by Crippen LogP contribution is 2.34. The third-order valence-electron chi connectivity index (χ3n) is 3.01. The van der Waals surface area contributed by atoms with Gasteiger partial charge in [-0.05, 0) is 38.9 Å². The van der Waals surface area contributed by atoms with Crippen molar-refractivity contribution in [2.75, 3.05) is 25.4 Å². The van der Waals surface area contributed by atoms with Crippen LogP contribution < -0.4 is 5.73 Å². The van der Waals surface area contributed by atoms with E-state index in [0.29, 0.717) is 23.8 Å². The van der Waals surface area contributed by atoms with Gasteiger partial charge >= 0.3 is 0 Å². The molecule has 2 N–H and O–H groups in total. The molecule has 2 heterocycles. The summed E-state index contributed by atoms with van der Waals surface area (Å²) in [5.41, 5.74) is 5.50. The van der Waals surface area contributed by atoms with Crippen LogP contribution in [0.2, 0.25) is 0 Å². The lowest BCUT2D eigenvalue weighted by Crippen LogP contribution is -2.45. The number of thiophene rings is 1. The number of hydrogen-bond donors (Lipinski definition) is 1. The molecule has 0 amide bonds. The molecular formula is C12H20N2O2S3. The van der Waals surface area contributed by atoms with E-state index in [1.807, 2.05) is 17.8 Å². The average Bonchev–Trinajstić information content (AvgIpc) is 2.77. The summed E-state index contributed by atoms with van der Waals surface area (Å²) in [7, 11) is -3.33. The molecule has 108 valence electrons. The highest BCUT2D eigenvalue weighted by molar-refractivity contribution is 8.00. The third-order valence-corrected chi connectivity index (χ3v) is 7.77. The van der Waals surface area contributed by atoms with Gasteiger partial charge in [0, 0.05) is 28.5 Å². The Morgan fingerprint density at radius 3 is 2.79 bits per heavy atom. The summed E-state index contributed by atoms with van der Waals surface area (Å²) in [5.74, 6) is 0.854. The second kappa shape index (κ2) is 5.73. The third kappa shape index (κ3) is 3.52. The SMILES string of the molecule is CC1(C)CN(S(=O)(=O)c2ccc(CCN)s2)CCS1. The lowest BCUT2D eigenvalue weighted by Gasteiger charge is -2.36. The Labute approximate surface area is 123 Å². The standard InChI is InChI=1S/C12H20N2O2S3/c1-12(2)9-14(7-8-17-12)19(15,16)11-4-3-10(18-11)5-6-13/h3-4H,5-9,13H2,1-2H3. The highest BCUT2D eigenvalue weighted by atomic mass is 32.2. The van der Waals surface area contributed by atoms with E-state index >= 15 is 0 Å². The van der Waals surface area contributed by atoms with E-state index < -0.39 is 10.0 Å². The predicted octanol–water partition coefficient (Wildman–Crippen LogP) is 1.77. The summed E-state index contributed by atoms with van der Waals surface area (Å²) >= 11 is 3.17. The van der Waals surface area contributed by atoms with Gasteiger partial charge < -0.3 is 5.73 Å². The summed E-state index contributed by atoms with van der Waals surface area (Å²) in [6.07, 6.45) is 0.738. The molecule has 1 aliphatic heterocycles. The molecule has 1 aromatic heterocycles. The first-order valence-electron chi connectivity index (χ1n) is 6.28. The molecule has 0 unspecified atom stereocenters. The number of nitrogens with zero attached hydrogens (tertiary/aromatic N) is 1. The fourth-order valence-electron chi connectivity index (χ4n) is 2.08. The quantitative estimate of drug-likeness (QED) is 0.918. The minimum Gasteiger partial charge on any atom is -0.330 e. The molecule has 19 heavy (non-hydrogen) atoms. The molecular weight excluding hydrogens is 300 g/mol. The van der Waals surface area contributed by atoms with Gasteiger partial charge in [-0.25, -0.2) is 8.42 Å². The van der Waals surface area contributed by atoms with Crippen LogP contribution in [0.5, 0.6) is 0 Å². The summed E-state index contributed by atoms with van der Waals surface area (Å²) in [6.45, 7) is 5.90. The van der Waals surface area contributed by atoms with E-state index in [9.17, 15) is 8.42 Å². The van der Waals surface area contributed by atoms with E-state index in [4.69, 9.17) is 5.73 Å². The molecule has 0 bridgehead atoms. The first-order valence-corrected chi connectivity index (χ1v) is 9.52. The van der Waals surface area contributed by atoms with Crippen LogP contribution >= 0.6 is 23.1 Å². The molecule has 0 atom stereocenters. The Hall–Kier alpha value is -0.0800. The van der Waals surface area contributed by atoms with E-state index in [-0.39, 0.29) is 4.75 Å². The van der Waals surface area contributed by atoms with Crippen LogP contribution in [0.4, 0.5) is 0 Å². The van der Waals surface area contributed by atoms with Crippen LogP contribution in [0.1, 0.15) is 18.7 Å². The fourth-order valence-corrected chi connectivity index (χ4v) is 6.52. The zero-order valence-electron chi connectivity index (χ0n) is 11.3. The van der Waals surface area contributed by atoms with Gasteiger partial charge in [0.25, 0.3) is 10.0 Å². The van der Waals surface area contributed by atoms with Crippen molar-refractivity contribution in [1.29, 1.82) is 0 Å². The van der Waals surface area contributed by atoms with Gasteiger partial charge in [0.2, 0.25) is 0 Å². The molecule has 0 saturated carbocycles. The van der Waals surface area contributed by atoms with Crippen LogP contribution in [0.15, 0.2) is 16.3 Å². The second-order valence-electron chi connectivity index (χ2n) is 5.21. The lowest BCUT2D eigenvalue weighted by atomic mass is 10.2. The van der Waals surface area contributed by atoms with Crippen molar-refractivity contribution in [3.63, 3.8) is 0 Å². The van der Waals surface area contributed by atoms with Crippen LogP contribution in [0, 0.1) is 0 Å². The molecule has 7 heteroatoms. The highest BCUT2D eigenvalue weighted by Gasteiger charge is 2.35. The van der Waals surface area contributed by atoms with Crippen molar-refractivity contribution < 1.29 is 8.42 Å². The lowest BCUT2D eigenvalue weighted by molar-refractivity contribution is 0.388. The number of rotatable bonds is 4. The predicted molar refractivity (Wildman–Crippen MR) is 82.4 cm³/mol. The Morgan fingerprint density at radius 1 is 1.42 bits per heavy atom. The van der Waals surface area contributed by atoms with Gasteiger partial charge in [-0.15, -0.1) is 11.3 Å². The minimum atomic E-state index is -3.33. The second-order valence-corrected chi connectivity index (χ2v) is 10.3. The van der Waals surface area contributed by atoms with Gasteiger partial charge in [0.05, 0.1) is 0 Å². The Bertz CT molecular complexity index is 537. The summed E-state index contributed by atoms with van der Waals surface area (Å²) in [4.78, 5) is 1.03. The molecule has 1 saturated heterocycles. The molecule has 1 fully saturated rings. The van der Waals surface area contributed by atoms with Gasteiger partial charge in [0.1, 0.15) is 4.21 Å². The van der Waals surface area contributed by atoms with Gasteiger partial charge in [-0.1, -0.05) is 0 Å². The summed E-state index contributed by atoms with van der Waals surface area (Å²) in [6, 6.07) is 3.58. The normalized spacial score (nSPS) is 20.6. The summed E-state index contributed by atoms with van der Waals surface area (Å²) in [5, 5.41) is 0. The van der Waals surface area contributed by atoms with Crippen molar-refractivity contribution in [3.8, 4) is 0 Å². The molecule has 2 rings (SSSR count). The minimum absolute atomic E-state index is 0.0112. The van der Waals surface area contributed by atoms with E-state index in [1.54, 1.807) is 10.4 Å². The van der Waals surface area contributed by atoms with Crippen LogP contribution in [-0.2, 0) is 16.4 Å². The fraction of sp³-hybridized carbons (Fsp3) is 0.667. The number of nitrogens with two attached hydrogens (primary N) is 1. The molecule has 4 nitrogen and oxygen atoms in total. The molecule has 0 aliphatic carbocycles. The van der Waals surface area contributed by atoms with Crippen molar-refractivity contribution in [2.24, 2.45) is 5.73 Å². The van der Waals surface area contributed by atoms with Crippen molar-refractivity contribution in [3.05, 3.63) is 17.0 Å². The van der Waals surface area contributed by atoms with Crippen LogP contribution in [-0.4, -0.2) is 42.9 Å². The summed E-state index contributed by atoms with van der Waals surface area (Å²) < 4.78 is 27.2. The van der Waals surface area contributed by atoms with Gasteiger partial charge in [-0.3, -0.25) is 0 Å². The monoisotopic (exact) mass is 320 g/mol. The molecule has 0 radical (unpaired) electrons. The molecule has 0 aromatic carbocycles. The molecule has 1 aliphatic rings. The molecule has 1 aromatic rings. The smallest absolute Gasteiger partial charge is 0.252 e. The number of sulfonamides is 1. The zero-order chi connectivity index (χ0) is 14.1. The number of thioether (sulfide) groups is 1. The van der Waals surface area contributed by atoms with E-state index in [0.717, 1.165) is 17.1 Å². The van der Waals surface area contributed by atoms with Gasteiger partial charge in [0.15, 0.2) is 0 Å².